The first-order chi connectivity index (χ1) is 10.6. The topological polar surface area (TPSA) is 59.0 Å². The lowest BCUT2D eigenvalue weighted by molar-refractivity contribution is -0.126. The predicted molar refractivity (Wildman–Crippen MR) is 94.4 cm³/mol. The van der Waals surface area contributed by atoms with Crippen LogP contribution in [0.25, 0.3) is 0 Å². The first kappa shape index (κ1) is 17.8. The summed E-state index contributed by atoms with van der Waals surface area (Å²) in [7, 11) is 0. The van der Waals surface area contributed by atoms with Gasteiger partial charge in [-0.25, -0.2) is 0 Å². The van der Waals surface area contributed by atoms with E-state index in [-0.39, 0.29) is 18.3 Å². The number of rotatable bonds is 3. The molecule has 1 aromatic carbocycles. The first-order valence-corrected chi connectivity index (χ1v) is 7.78. The van der Waals surface area contributed by atoms with E-state index in [0.29, 0.717) is 17.9 Å². The molecular weight excluding hydrogens is 335 g/mol. The normalized spacial score (nSPS) is 16.4. The summed E-state index contributed by atoms with van der Waals surface area (Å²) in [6.07, 6.45) is 5.00. The molecule has 0 radical (unpaired) electrons. The number of carbonyl (C=O) groups excluding carboxylic acids is 1. The average molecular weight is 355 g/mol. The summed E-state index contributed by atoms with van der Waals surface area (Å²) < 4.78 is 1.79. The standard InChI is InChI=1S/C16H19ClN4O.ClH/c1-12-11-13(17)3-4-14(12)20-15(22)16(5-8-18-9-6-16)21-10-2-7-19-21;/h2-4,7,10-11,18H,5-6,8-9H2,1H3,(H,20,22);1H. The van der Waals surface area contributed by atoms with Crippen LogP contribution in [0.2, 0.25) is 5.02 Å². The van der Waals surface area contributed by atoms with Crippen molar-refractivity contribution in [2.75, 3.05) is 18.4 Å². The lowest BCUT2D eigenvalue weighted by Gasteiger charge is -2.36. The van der Waals surface area contributed by atoms with Crippen LogP contribution in [-0.4, -0.2) is 28.8 Å². The molecule has 0 saturated carbocycles. The molecule has 0 aliphatic carbocycles. The molecule has 23 heavy (non-hydrogen) atoms. The zero-order chi connectivity index (χ0) is 15.6. The molecule has 124 valence electrons. The van der Waals surface area contributed by atoms with Gasteiger partial charge in [0.2, 0.25) is 0 Å². The summed E-state index contributed by atoms with van der Waals surface area (Å²) in [6, 6.07) is 7.32. The van der Waals surface area contributed by atoms with Crippen LogP contribution in [0.3, 0.4) is 0 Å². The number of halogens is 2. The summed E-state index contributed by atoms with van der Waals surface area (Å²) in [5.41, 5.74) is 1.10. The van der Waals surface area contributed by atoms with E-state index in [0.717, 1.165) is 24.3 Å². The van der Waals surface area contributed by atoms with Crippen LogP contribution >= 0.6 is 24.0 Å². The Kier molecular flexibility index (Phi) is 5.68. The number of hydrogen-bond acceptors (Lipinski definition) is 3. The molecule has 2 heterocycles. The van der Waals surface area contributed by atoms with Gasteiger partial charge in [0.1, 0.15) is 5.54 Å². The lowest BCUT2D eigenvalue weighted by atomic mass is 9.87. The first-order valence-electron chi connectivity index (χ1n) is 7.40. The van der Waals surface area contributed by atoms with E-state index in [1.54, 1.807) is 16.9 Å². The Labute approximate surface area is 146 Å². The van der Waals surface area contributed by atoms with Crippen LogP contribution < -0.4 is 10.6 Å². The molecular formula is C16H20Cl2N4O. The quantitative estimate of drug-likeness (QED) is 0.890. The minimum Gasteiger partial charge on any atom is -0.324 e. The third-order valence-electron chi connectivity index (χ3n) is 4.23. The summed E-state index contributed by atoms with van der Waals surface area (Å²) in [5.74, 6) is -0.0249. The minimum absolute atomic E-state index is 0. The Bertz CT molecular complexity index is 667. The second kappa shape index (κ2) is 7.34. The fraction of sp³-hybridized carbons (Fsp3) is 0.375. The molecule has 5 nitrogen and oxygen atoms in total. The Morgan fingerprint density at radius 1 is 1.39 bits per heavy atom. The van der Waals surface area contributed by atoms with Gasteiger partial charge in [-0.3, -0.25) is 9.48 Å². The molecule has 0 atom stereocenters. The molecule has 0 bridgehead atoms. The maximum absolute atomic E-state index is 13.0. The smallest absolute Gasteiger partial charge is 0.252 e. The predicted octanol–water partition coefficient (Wildman–Crippen LogP) is 2.98. The number of nitrogens with one attached hydrogen (secondary N) is 2. The third kappa shape index (κ3) is 3.52. The Morgan fingerprint density at radius 3 is 2.74 bits per heavy atom. The molecule has 2 aromatic rings. The van der Waals surface area contributed by atoms with Crippen molar-refractivity contribution in [3.63, 3.8) is 0 Å². The van der Waals surface area contributed by atoms with Crippen LogP contribution in [0.4, 0.5) is 5.69 Å². The van der Waals surface area contributed by atoms with Gasteiger partial charge in [0.15, 0.2) is 0 Å². The van der Waals surface area contributed by atoms with E-state index >= 15 is 0 Å². The van der Waals surface area contributed by atoms with Gasteiger partial charge in [-0.15, -0.1) is 12.4 Å². The van der Waals surface area contributed by atoms with E-state index in [2.05, 4.69) is 15.7 Å². The molecule has 3 rings (SSSR count). The van der Waals surface area contributed by atoms with Gasteiger partial charge in [0.05, 0.1) is 0 Å². The molecule has 1 aliphatic heterocycles. The maximum Gasteiger partial charge on any atom is 0.252 e. The Morgan fingerprint density at radius 2 is 2.13 bits per heavy atom. The highest BCUT2D eigenvalue weighted by molar-refractivity contribution is 6.30. The molecule has 1 amide bonds. The van der Waals surface area contributed by atoms with Gasteiger partial charge in [-0.2, -0.15) is 5.10 Å². The molecule has 2 N–H and O–H groups in total. The largest absolute Gasteiger partial charge is 0.324 e. The van der Waals surface area contributed by atoms with E-state index in [1.807, 2.05) is 31.3 Å². The Balaban J connectivity index is 0.00000192. The number of aryl methyl sites for hydroxylation is 1. The number of nitrogens with zero attached hydrogens (tertiary/aromatic N) is 2. The third-order valence-corrected chi connectivity index (χ3v) is 4.47. The van der Waals surface area contributed by atoms with Crippen molar-refractivity contribution in [1.29, 1.82) is 0 Å². The highest BCUT2D eigenvalue weighted by atomic mass is 35.5. The second-order valence-electron chi connectivity index (χ2n) is 5.65. The van der Waals surface area contributed by atoms with Crippen LogP contribution in [-0.2, 0) is 10.3 Å². The van der Waals surface area contributed by atoms with E-state index in [9.17, 15) is 4.79 Å². The SMILES string of the molecule is Cc1cc(Cl)ccc1NC(=O)C1(n2cccn2)CCNCC1.Cl. The van der Waals surface area contributed by atoms with Gasteiger partial charge in [0, 0.05) is 23.1 Å². The molecule has 1 aromatic heterocycles. The van der Waals surface area contributed by atoms with E-state index in [4.69, 9.17) is 11.6 Å². The van der Waals surface area contributed by atoms with E-state index < -0.39 is 5.54 Å². The number of piperidine rings is 1. The van der Waals surface area contributed by atoms with Gasteiger partial charge in [-0.1, -0.05) is 11.6 Å². The van der Waals surface area contributed by atoms with Crippen LogP contribution in [0.1, 0.15) is 18.4 Å². The van der Waals surface area contributed by atoms with Gasteiger partial charge >= 0.3 is 0 Å². The monoisotopic (exact) mass is 354 g/mol. The molecule has 1 saturated heterocycles. The van der Waals surface area contributed by atoms with Crippen molar-refractivity contribution >= 4 is 35.6 Å². The van der Waals surface area contributed by atoms with Crippen molar-refractivity contribution in [2.24, 2.45) is 0 Å². The summed E-state index contributed by atoms with van der Waals surface area (Å²) in [6.45, 7) is 3.53. The number of anilines is 1. The fourth-order valence-electron chi connectivity index (χ4n) is 2.93. The number of hydrogen-bond donors (Lipinski definition) is 2. The second-order valence-corrected chi connectivity index (χ2v) is 6.08. The fourth-order valence-corrected chi connectivity index (χ4v) is 3.16. The average Bonchev–Trinajstić information content (AvgIpc) is 3.05. The summed E-state index contributed by atoms with van der Waals surface area (Å²) in [4.78, 5) is 13.0. The van der Waals surface area contributed by atoms with Gasteiger partial charge in [-0.05, 0) is 62.7 Å². The molecule has 1 aliphatic rings. The van der Waals surface area contributed by atoms with Crippen molar-refractivity contribution in [3.8, 4) is 0 Å². The van der Waals surface area contributed by atoms with Gasteiger partial charge in [0.25, 0.3) is 5.91 Å². The number of carbonyl (C=O) groups is 1. The maximum atomic E-state index is 13.0. The van der Waals surface area contributed by atoms with E-state index in [1.165, 1.54) is 0 Å². The zero-order valence-electron chi connectivity index (χ0n) is 12.9. The van der Waals surface area contributed by atoms with Crippen LogP contribution in [0.15, 0.2) is 36.7 Å². The zero-order valence-corrected chi connectivity index (χ0v) is 14.5. The number of benzene rings is 1. The highest BCUT2D eigenvalue weighted by Gasteiger charge is 2.42. The Hall–Kier alpha value is -1.56. The van der Waals surface area contributed by atoms with Crippen LogP contribution in [0, 0.1) is 6.92 Å². The molecule has 0 spiro atoms. The van der Waals surface area contributed by atoms with Crippen molar-refractivity contribution < 1.29 is 4.79 Å². The molecule has 0 unspecified atom stereocenters. The summed E-state index contributed by atoms with van der Waals surface area (Å²) in [5, 5.41) is 11.3. The van der Waals surface area contributed by atoms with Gasteiger partial charge < -0.3 is 10.6 Å². The highest BCUT2D eigenvalue weighted by Crippen LogP contribution is 2.29. The van der Waals surface area contributed by atoms with Crippen molar-refractivity contribution in [1.82, 2.24) is 15.1 Å². The van der Waals surface area contributed by atoms with Crippen LogP contribution in [0.5, 0.6) is 0 Å². The minimum atomic E-state index is -0.638. The molecule has 7 heteroatoms. The lowest BCUT2D eigenvalue weighted by Crippen LogP contribution is -2.52. The number of aromatic nitrogens is 2. The number of amides is 1. The molecule has 1 fully saturated rings. The van der Waals surface area contributed by atoms with Crippen molar-refractivity contribution in [2.45, 2.75) is 25.3 Å². The summed E-state index contributed by atoms with van der Waals surface area (Å²) >= 11 is 5.98. The van der Waals surface area contributed by atoms with Crippen molar-refractivity contribution in [3.05, 3.63) is 47.2 Å².